The highest BCUT2D eigenvalue weighted by molar-refractivity contribution is 7.99. The van der Waals surface area contributed by atoms with Crippen molar-refractivity contribution in [3.8, 4) is 17.5 Å². The van der Waals surface area contributed by atoms with E-state index in [1.165, 1.54) is 11.8 Å². The topological polar surface area (TPSA) is 105 Å². The maximum atomic E-state index is 12.9. The van der Waals surface area contributed by atoms with Crippen LogP contribution in [0.5, 0.6) is 0 Å². The van der Waals surface area contributed by atoms with E-state index in [-0.39, 0.29) is 5.75 Å². The second-order valence-electron chi connectivity index (χ2n) is 7.05. The molecule has 4 rings (SSSR count). The minimum atomic E-state index is -0.639. The van der Waals surface area contributed by atoms with Gasteiger partial charge in [0.1, 0.15) is 11.5 Å². The van der Waals surface area contributed by atoms with E-state index in [4.69, 9.17) is 14.4 Å². The summed E-state index contributed by atoms with van der Waals surface area (Å²) < 4.78 is 11.0. The number of carbonyl (C=O) groups excluding carboxylic acids is 2. The molecule has 1 amide bonds. The first-order valence-corrected chi connectivity index (χ1v) is 11.1. The number of rotatable bonds is 7. The van der Waals surface area contributed by atoms with E-state index in [0.717, 1.165) is 10.7 Å². The molecule has 33 heavy (non-hydrogen) atoms. The highest BCUT2D eigenvalue weighted by Gasteiger charge is 2.18. The van der Waals surface area contributed by atoms with Crippen molar-refractivity contribution < 1.29 is 18.7 Å². The second kappa shape index (κ2) is 10.0. The van der Waals surface area contributed by atoms with Crippen LogP contribution in [0.25, 0.3) is 22.4 Å². The molecule has 0 aliphatic heterocycles. The molecule has 164 valence electrons. The van der Waals surface area contributed by atoms with E-state index in [2.05, 4.69) is 16.4 Å². The number of aryl methyl sites for hydroxylation is 1. The molecule has 1 N–H and O–H groups in total. The number of carbonyl (C=O) groups is 2. The fourth-order valence-electron chi connectivity index (χ4n) is 3.24. The molecule has 0 spiro atoms. The molecule has 2 aromatic carbocycles. The summed E-state index contributed by atoms with van der Waals surface area (Å²) in [6.07, 6.45) is 0. The van der Waals surface area contributed by atoms with E-state index in [0.29, 0.717) is 33.6 Å². The van der Waals surface area contributed by atoms with Crippen LogP contribution in [-0.2, 0) is 9.53 Å². The minimum absolute atomic E-state index is 0.258. The monoisotopic (exact) mass is 457 g/mol. The Hall–Kier alpha value is -4.09. The highest BCUT2D eigenvalue weighted by atomic mass is 32.2. The predicted molar refractivity (Wildman–Crippen MR) is 126 cm³/mol. The molecule has 2 aromatic heterocycles. The number of pyridine rings is 1. The molecule has 0 bridgehead atoms. The molecule has 0 aliphatic rings. The van der Waals surface area contributed by atoms with E-state index < -0.39 is 18.5 Å². The first-order chi connectivity index (χ1) is 16.0. The van der Waals surface area contributed by atoms with Crippen molar-refractivity contribution in [3.05, 3.63) is 78.1 Å². The van der Waals surface area contributed by atoms with E-state index >= 15 is 0 Å². The average molecular weight is 458 g/mol. The van der Waals surface area contributed by atoms with Crippen LogP contribution in [0.1, 0.15) is 16.1 Å². The summed E-state index contributed by atoms with van der Waals surface area (Å²) in [4.78, 5) is 30.7. The molecule has 4 aromatic rings. The summed E-state index contributed by atoms with van der Waals surface area (Å²) in [6.45, 7) is 1.37. The van der Waals surface area contributed by atoms with Gasteiger partial charge in [0.05, 0.1) is 28.6 Å². The molecule has 2 heterocycles. The number of nitrogens with zero attached hydrogens (tertiary/aromatic N) is 2. The summed E-state index contributed by atoms with van der Waals surface area (Å²) in [5.74, 6) is 0.411. The van der Waals surface area contributed by atoms with Crippen LogP contribution in [0.2, 0.25) is 0 Å². The Morgan fingerprint density at radius 3 is 2.70 bits per heavy atom. The smallest absolute Gasteiger partial charge is 0.339 e. The maximum absolute atomic E-state index is 12.9. The number of nitrogens with one attached hydrogen (secondary N) is 1. The third-order valence-electron chi connectivity index (χ3n) is 4.72. The first-order valence-electron chi connectivity index (χ1n) is 10.1. The Morgan fingerprint density at radius 2 is 1.91 bits per heavy atom. The number of fused-ring (bicyclic) bond motifs is 1. The standard InChI is InChI=1S/C25H19N3O4S/c1-16-10-11-22(32-16)21-14-18(17-6-2-3-7-19(17)27-21)25(30)31-15-24(29)28-20-8-4-5-9-23(20)33-13-12-26/h2-11,14H,13,15H2,1H3,(H,28,29). The van der Waals surface area contributed by atoms with Gasteiger partial charge in [0.2, 0.25) is 0 Å². The van der Waals surface area contributed by atoms with Crippen molar-refractivity contribution in [2.75, 3.05) is 17.7 Å². The zero-order valence-corrected chi connectivity index (χ0v) is 18.5. The third kappa shape index (κ3) is 5.22. The molecule has 0 unspecified atom stereocenters. The van der Waals surface area contributed by atoms with Crippen LogP contribution in [0.3, 0.4) is 0 Å². The van der Waals surface area contributed by atoms with Gasteiger partial charge < -0.3 is 14.5 Å². The quantitative estimate of drug-likeness (QED) is 0.300. The molecule has 0 radical (unpaired) electrons. The summed E-state index contributed by atoms with van der Waals surface area (Å²) in [7, 11) is 0. The Kier molecular flexibility index (Phi) is 6.72. The third-order valence-corrected chi connectivity index (χ3v) is 5.66. The predicted octanol–water partition coefficient (Wildman–Crippen LogP) is 5.21. The fourth-order valence-corrected chi connectivity index (χ4v) is 3.91. The largest absolute Gasteiger partial charge is 0.460 e. The summed E-state index contributed by atoms with van der Waals surface area (Å²) in [6, 6.07) is 21.6. The molecular weight excluding hydrogens is 438 g/mol. The number of amides is 1. The van der Waals surface area contributed by atoms with Gasteiger partial charge in [-0.25, -0.2) is 9.78 Å². The maximum Gasteiger partial charge on any atom is 0.339 e. The number of nitriles is 1. The van der Waals surface area contributed by atoms with Crippen molar-refractivity contribution in [2.24, 2.45) is 0 Å². The van der Waals surface area contributed by atoms with Gasteiger partial charge in [-0.05, 0) is 43.3 Å². The Bertz CT molecular complexity index is 1370. The Balaban J connectivity index is 1.51. The summed E-state index contributed by atoms with van der Waals surface area (Å²) in [5.41, 5.74) is 1.97. The lowest BCUT2D eigenvalue weighted by atomic mass is 10.1. The van der Waals surface area contributed by atoms with Crippen molar-refractivity contribution in [1.29, 1.82) is 5.26 Å². The lowest BCUT2D eigenvalue weighted by Gasteiger charge is -2.11. The lowest BCUT2D eigenvalue weighted by molar-refractivity contribution is -0.119. The summed E-state index contributed by atoms with van der Waals surface area (Å²) >= 11 is 1.31. The second-order valence-corrected chi connectivity index (χ2v) is 8.07. The minimum Gasteiger partial charge on any atom is -0.460 e. The number of hydrogen-bond acceptors (Lipinski definition) is 7. The van der Waals surface area contributed by atoms with Gasteiger partial charge >= 0.3 is 5.97 Å². The fraction of sp³-hybridized carbons (Fsp3) is 0.120. The van der Waals surface area contributed by atoms with E-state index in [1.807, 2.05) is 31.2 Å². The van der Waals surface area contributed by atoms with Crippen LogP contribution < -0.4 is 5.32 Å². The van der Waals surface area contributed by atoms with Crippen LogP contribution in [-0.4, -0.2) is 29.2 Å². The Morgan fingerprint density at radius 1 is 1.12 bits per heavy atom. The van der Waals surface area contributed by atoms with E-state index in [1.54, 1.807) is 42.5 Å². The first kappa shape index (κ1) is 22.1. The molecular formula is C25H19N3O4S. The molecule has 0 fully saturated rings. The number of para-hydroxylation sites is 2. The number of ether oxygens (including phenoxy) is 1. The molecule has 0 saturated carbocycles. The number of anilines is 1. The number of aromatic nitrogens is 1. The van der Waals surface area contributed by atoms with Gasteiger partial charge in [0, 0.05) is 10.3 Å². The number of esters is 1. The van der Waals surface area contributed by atoms with Crippen molar-refractivity contribution >= 4 is 40.2 Å². The zero-order valence-electron chi connectivity index (χ0n) is 17.7. The van der Waals surface area contributed by atoms with Gasteiger partial charge in [-0.1, -0.05) is 30.3 Å². The van der Waals surface area contributed by atoms with Crippen molar-refractivity contribution in [2.45, 2.75) is 11.8 Å². The molecule has 0 saturated heterocycles. The van der Waals surface area contributed by atoms with Gasteiger partial charge in [-0.2, -0.15) is 5.26 Å². The molecule has 8 heteroatoms. The van der Waals surface area contributed by atoms with Crippen LogP contribution >= 0.6 is 11.8 Å². The number of hydrogen-bond donors (Lipinski definition) is 1. The van der Waals surface area contributed by atoms with E-state index in [9.17, 15) is 9.59 Å². The van der Waals surface area contributed by atoms with Gasteiger partial charge in [0.25, 0.3) is 5.91 Å². The van der Waals surface area contributed by atoms with Gasteiger partial charge in [0.15, 0.2) is 12.4 Å². The molecule has 7 nitrogen and oxygen atoms in total. The zero-order chi connectivity index (χ0) is 23.2. The van der Waals surface area contributed by atoms with Gasteiger partial charge in [-0.3, -0.25) is 4.79 Å². The normalized spacial score (nSPS) is 10.5. The Labute approximate surface area is 194 Å². The number of thioether (sulfide) groups is 1. The van der Waals surface area contributed by atoms with Gasteiger partial charge in [-0.15, -0.1) is 11.8 Å². The van der Waals surface area contributed by atoms with Crippen LogP contribution in [0, 0.1) is 18.3 Å². The van der Waals surface area contributed by atoms with Crippen LogP contribution in [0.15, 0.2) is 76.0 Å². The number of benzene rings is 2. The average Bonchev–Trinajstić information content (AvgIpc) is 3.27. The molecule has 0 aliphatic carbocycles. The summed E-state index contributed by atoms with van der Waals surface area (Å²) in [5, 5.41) is 12.1. The van der Waals surface area contributed by atoms with Crippen LogP contribution in [0.4, 0.5) is 5.69 Å². The van der Waals surface area contributed by atoms with Crippen molar-refractivity contribution in [1.82, 2.24) is 4.98 Å². The van der Waals surface area contributed by atoms with Crippen molar-refractivity contribution in [3.63, 3.8) is 0 Å². The number of furan rings is 1. The SMILES string of the molecule is Cc1ccc(-c2cc(C(=O)OCC(=O)Nc3ccccc3SCC#N)c3ccccc3n2)o1. The highest BCUT2D eigenvalue weighted by Crippen LogP contribution is 2.28. The molecule has 0 atom stereocenters. The lowest BCUT2D eigenvalue weighted by Crippen LogP contribution is -2.21.